The maximum atomic E-state index is 14.9. The molecule has 4 atom stereocenters. The predicted molar refractivity (Wildman–Crippen MR) is 200 cm³/mol. The lowest BCUT2D eigenvalue weighted by Gasteiger charge is -2.42. The minimum absolute atomic E-state index is 0.00944. The summed E-state index contributed by atoms with van der Waals surface area (Å²) in [4.78, 5) is 70.6. The van der Waals surface area contributed by atoms with Gasteiger partial charge in [0.05, 0.1) is 33.3 Å². The maximum absolute atomic E-state index is 14.9. The van der Waals surface area contributed by atoms with Crippen LogP contribution in [0.3, 0.4) is 0 Å². The van der Waals surface area contributed by atoms with E-state index in [9.17, 15) is 24.0 Å². The highest BCUT2D eigenvalue weighted by atomic mass is 35.5. The van der Waals surface area contributed by atoms with Crippen LogP contribution in [0.1, 0.15) is 63.4 Å². The van der Waals surface area contributed by atoms with Crippen molar-refractivity contribution in [3.05, 3.63) is 92.1 Å². The number of pyridine rings is 1. The number of hydrogen-bond acceptors (Lipinski definition) is 10. The van der Waals surface area contributed by atoms with Crippen LogP contribution in [0, 0.1) is 11.8 Å². The van der Waals surface area contributed by atoms with Crippen LogP contribution in [0.5, 0.6) is 23.0 Å². The number of benzene rings is 2. The van der Waals surface area contributed by atoms with Crippen LogP contribution in [0.4, 0.5) is 0 Å². The number of nitrogens with one attached hydrogen (secondary N) is 1. The third-order valence-corrected chi connectivity index (χ3v) is 11.8. The molecular formula is C41H40ClN3O10. The van der Waals surface area contributed by atoms with Gasteiger partial charge in [0, 0.05) is 79.8 Å². The van der Waals surface area contributed by atoms with Crippen LogP contribution in [0.15, 0.2) is 57.7 Å². The van der Waals surface area contributed by atoms with Crippen LogP contribution in [-0.2, 0) is 29.0 Å². The molecule has 3 aliphatic heterocycles. The van der Waals surface area contributed by atoms with Gasteiger partial charge in [0.1, 0.15) is 39.4 Å². The van der Waals surface area contributed by atoms with Crippen molar-refractivity contribution < 1.29 is 42.5 Å². The van der Waals surface area contributed by atoms with Crippen molar-refractivity contribution >= 4 is 35.0 Å². The fraction of sp³-hybridized carbons (Fsp3) is 0.390. The van der Waals surface area contributed by atoms with Gasteiger partial charge in [-0.1, -0.05) is 24.6 Å². The topological polar surface area (TPSA) is 156 Å². The second-order valence-corrected chi connectivity index (χ2v) is 15.0. The number of likely N-dealkylation sites (tertiary alicyclic amines) is 1. The van der Waals surface area contributed by atoms with E-state index in [1.165, 1.54) is 20.3 Å². The van der Waals surface area contributed by atoms with Crippen molar-refractivity contribution in [3.63, 3.8) is 0 Å². The molecule has 1 fully saturated rings. The molecule has 1 spiro atoms. The van der Waals surface area contributed by atoms with Gasteiger partial charge in [0.25, 0.3) is 5.56 Å². The molecule has 55 heavy (non-hydrogen) atoms. The molecule has 13 nitrogen and oxygen atoms in total. The summed E-state index contributed by atoms with van der Waals surface area (Å²) in [5.41, 5.74) is -0.0505. The van der Waals surface area contributed by atoms with Crippen LogP contribution in [0.2, 0.25) is 5.02 Å². The number of carbonyl (C=O) groups is 4. The first-order chi connectivity index (χ1) is 26.5. The first-order valence-electron chi connectivity index (χ1n) is 18.2. The molecule has 2 unspecified atom stereocenters. The van der Waals surface area contributed by atoms with Gasteiger partial charge in [-0.05, 0) is 42.7 Å². The fourth-order valence-electron chi connectivity index (χ4n) is 8.77. The van der Waals surface area contributed by atoms with E-state index in [4.69, 9.17) is 35.0 Å². The maximum Gasteiger partial charge on any atom is 0.250 e. The minimum Gasteiger partial charge on any atom is -0.497 e. The van der Waals surface area contributed by atoms with E-state index < -0.39 is 29.0 Å². The predicted octanol–water partition coefficient (Wildman–Crippen LogP) is 4.87. The lowest BCUT2D eigenvalue weighted by Crippen LogP contribution is -2.56. The lowest BCUT2D eigenvalue weighted by atomic mass is 9.70. The molecule has 4 aliphatic rings. The summed E-state index contributed by atoms with van der Waals surface area (Å²) in [6.07, 6.45) is 0.872. The second-order valence-electron chi connectivity index (χ2n) is 14.6. The first-order valence-corrected chi connectivity index (χ1v) is 18.6. The van der Waals surface area contributed by atoms with E-state index in [2.05, 4.69) is 5.32 Å². The number of methoxy groups -OCH3 is 3. The van der Waals surface area contributed by atoms with Gasteiger partial charge in [-0.3, -0.25) is 24.0 Å². The number of furan rings is 1. The van der Waals surface area contributed by atoms with E-state index in [1.54, 1.807) is 50.4 Å². The molecule has 1 N–H and O–H groups in total. The first kappa shape index (κ1) is 36.4. The van der Waals surface area contributed by atoms with Crippen LogP contribution in [-0.4, -0.2) is 79.4 Å². The van der Waals surface area contributed by atoms with Crippen LogP contribution >= 0.6 is 11.6 Å². The zero-order chi connectivity index (χ0) is 38.8. The number of ether oxygens (including phenoxy) is 4. The number of Topliss-reactive ketones (excluding diaryl/α,β-unsaturated/α-hetero) is 2. The van der Waals surface area contributed by atoms with E-state index in [0.717, 1.165) is 12.1 Å². The standard InChI is InChI=1S/C41H40ClN3O10/c1-21-14-29-34(39(49)41(21)40(50)35-28(52-3)17-30(53-4)36(42)38(35)55-41)26(37(54-29)23-8-10-25(51-2)11-9-23)16-31(46)43-13-12-32(47)44-18-22-15-24(20-44)27-6-5-7-33(48)45(27)19-22/h5-11,17,21-22,24H,12-16,18-20H2,1-4H3,(H,43,46)/t21-,22?,24?,41+/m1/s1. The Balaban J connectivity index is 1.05. The van der Waals surface area contributed by atoms with Crippen LogP contribution < -0.4 is 29.8 Å². The Labute approximate surface area is 321 Å². The molecule has 0 radical (unpaired) electrons. The van der Waals surface area contributed by atoms with Crippen molar-refractivity contribution in [1.82, 2.24) is 14.8 Å². The number of hydrogen-bond donors (Lipinski definition) is 1. The molecule has 286 valence electrons. The van der Waals surface area contributed by atoms with Gasteiger partial charge < -0.3 is 38.1 Å². The average molecular weight is 770 g/mol. The van der Waals surface area contributed by atoms with Gasteiger partial charge in [-0.25, -0.2) is 0 Å². The summed E-state index contributed by atoms with van der Waals surface area (Å²) >= 11 is 6.64. The highest BCUT2D eigenvalue weighted by Crippen LogP contribution is 2.54. The van der Waals surface area contributed by atoms with Gasteiger partial charge in [-0.2, -0.15) is 0 Å². The molecule has 1 aliphatic carbocycles. The summed E-state index contributed by atoms with van der Waals surface area (Å²) in [5.74, 6) is -0.628. The zero-order valence-corrected chi connectivity index (χ0v) is 31.6. The number of rotatable bonds is 9. The van der Waals surface area contributed by atoms with E-state index in [0.29, 0.717) is 48.0 Å². The number of nitrogens with zero attached hydrogens (tertiary/aromatic N) is 2. The van der Waals surface area contributed by atoms with Gasteiger partial charge >= 0.3 is 0 Å². The van der Waals surface area contributed by atoms with E-state index >= 15 is 0 Å². The molecule has 5 heterocycles. The second kappa shape index (κ2) is 13.9. The van der Waals surface area contributed by atoms with Crippen molar-refractivity contribution in [2.24, 2.45) is 11.8 Å². The Morgan fingerprint density at radius 1 is 0.945 bits per heavy atom. The number of piperidine rings is 1. The molecule has 1 saturated heterocycles. The summed E-state index contributed by atoms with van der Waals surface area (Å²) < 4.78 is 30.8. The summed E-state index contributed by atoms with van der Waals surface area (Å²) in [6.45, 7) is 3.44. The summed E-state index contributed by atoms with van der Waals surface area (Å²) in [6, 6.07) is 13.8. The third kappa shape index (κ3) is 5.87. The number of halogens is 1. The monoisotopic (exact) mass is 769 g/mol. The Kier molecular flexibility index (Phi) is 9.23. The van der Waals surface area contributed by atoms with Gasteiger partial charge in [0.15, 0.2) is 5.75 Å². The normalized spacial score (nSPS) is 22.1. The third-order valence-electron chi connectivity index (χ3n) is 11.4. The number of amides is 2. The molecule has 8 rings (SSSR count). The van der Waals surface area contributed by atoms with Crippen molar-refractivity contribution in [2.45, 2.75) is 50.7 Å². The number of carbonyl (C=O) groups excluding carboxylic acids is 4. The Hall–Kier alpha value is -5.56. The molecule has 2 amide bonds. The molecular weight excluding hydrogens is 730 g/mol. The van der Waals surface area contributed by atoms with Crippen LogP contribution in [0.25, 0.3) is 11.3 Å². The minimum atomic E-state index is -2.00. The number of ketones is 2. The summed E-state index contributed by atoms with van der Waals surface area (Å²) in [5, 5.41) is 2.89. The highest BCUT2D eigenvalue weighted by molar-refractivity contribution is 6.36. The van der Waals surface area contributed by atoms with Crippen molar-refractivity contribution in [2.75, 3.05) is 41.0 Å². The largest absolute Gasteiger partial charge is 0.497 e. The SMILES string of the molecule is COc1ccc(-c2oc3c(c2CC(=O)NCCC(=O)N2CC4CC(C2)c2cccc(=O)n2C4)C(=O)[C@@]2(Oc4c(Cl)c(OC)cc(OC)c4C2=O)[C@H](C)C3)cc1. The fourth-order valence-corrected chi connectivity index (χ4v) is 9.03. The Bertz CT molecular complexity index is 2310. The number of fused-ring (bicyclic) bond motifs is 6. The van der Waals surface area contributed by atoms with E-state index in [-0.39, 0.29) is 82.5 Å². The van der Waals surface area contributed by atoms with Gasteiger partial charge in [-0.15, -0.1) is 0 Å². The lowest BCUT2D eigenvalue weighted by molar-refractivity contribution is -0.133. The summed E-state index contributed by atoms with van der Waals surface area (Å²) in [7, 11) is 4.36. The van der Waals surface area contributed by atoms with Gasteiger partial charge in [0.2, 0.25) is 29.0 Å². The zero-order valence-electron chi connectivity index (χ0n) is 30.9. The number of aromatic nitrogens is 1. The Morgan fingerprint density at radius 2 is 1.69 bits per heavy atom. The molecule has 0 saturated carbocycles. The molecule has 14 heteroatoms. The quantitative estimate of drug-likeness (QED) is 0.233. The molecule has 2 aromatic carbocycles. The average Bonchev–Trinajstić information content (AvgIpc) is 3.70. The Morgan fingerprint density at radius 3 is 2.42 bits per heavy atom. The van der Waals surface area contributed by atoms with E-state index in [1.807, 2.05) is 15.5 Å². The van der Waals surface area contributed by atoms with Crippen molar-refractivity contribution in [1.29, 1.82) is 0 Å². The highest BCUT2D eigenvalue weighted by Gasteiger charge is 2.63. The molecule has 2 bridgehead atoms. The molecule has 2 aromatic heterocycles. The van der Waals surface area contributed by atoms with Crippen molar-refractivity contribution in [3.8, 4) is 34.3 Å². The molecule has 4 aromatic rings. The smallest absolute Gasteiger partial charge is 0.250 e.